The first-order valence-corrected chi connectivity index (χ1v) is 10.2. The van der Waals surface area contributed by atoms with Crippen LogP contribution in [0.1, 0.15) is 62.6 Å². The van der Waals surface area contributed by atoms with Gasteiger partial charge in [-0.3, -0.25) is 4.90 Å². The van der Waals surface area contributed by atoms with Crippen molar-refractivity contribution >= 4 is 0 Å². The van der Waals surface area contributed by atoms with E-state index in [0.29, 0.717) is 31.1 Å². The summed E-state index contributed by atoms with van der Waals surface area (Å²) in [6.45, 7) is 16.3. The van der Waals surface area contributed by atoms with Gasteiger partial charge in [-0.15, -0.1) is 13.2 Å². The van der Waals surface area contributed by atoms with Crippen LogP contribution in [-0.2, 0) is 18.7 Å². The quantitative estimate of drug-likeness (QED) is 0.432. The fourth-order valence-electron chi connectivity index (χ4n) is 3.48. The molecule has 0 atom stereocenters. The Morgan fingerprint density at radius 2 is 1.57 bits per heavy atom. The molecule has 0 bridgehead atoms. The second kappa shape index (κ2) is 10.5. The number of allylic oxidation sites excluding steroid dienone is 2. The van der Waals surface area contributed by atoms with Crippen LogP contribution in [0, 0.1) is 12.8 Å². The summed E-state index contributed by atoms with van der Waals surface area (Å²) >= 11 is 0. The van der Waals surface area contributed by atoms with Gasteiger partial charge < -0.3 is 13.9 Å². The number of aryl methyl sites for hydroxylation is 1. The first-order chi connectivity index (χ1) is 13.4. The van der Waals surface area contributed by atoms with Crippen molar-refractivity contribution in [3.63, 3.8) is 0 Å². The van der Waals surface area contributed by atoms with Crippen LogP contribution in [0.2, 0.25) is 0 Å². The molecule has 0 radical (unpaired) electrons. The van der Waals surface area contributed by atoms with E-state index in [1.165, 1.54) is 0 Å². The molecule has 2 aromatic heterocycles. The highest BCUT2D eigenvalue weighted by Gasteiger charge is 2.31. The van der Waals surface area contributed by atoms with E-state index in [1.54, 1.807) is 0 Å². The zero-order chi connectivity index (χ0) is 20.6. The molecule has 4 heteroatoms. The lowest BCUT2D eigenvalue weighted by molar-refractivity contribution is -0.00225. The molecule has 0 saturated heterocycles. The van der Waals surface area contributed by atoms with Crippen LogP contribution in [0.5, 0.6) is 0 Å². The zero-order valence-corrected chi connectivity index (χ0v) is 17.6. The number of hydrogen-bond donors (Lipinski definition) is 1. The van der Waals surface area contributed by atoms with E-state index in [1.807, 2.05) is 43.3 Å². The zero-order valence-electron chi connectivity index (χ0n) is 17.6. The SMILES string of the molecule is C=CCCC(O)(CCC=C)c1ccc(CN(Cc2ccc(C)o2)CC(C)C)o1. The molecule has 4 nitrogen and oxygen atoms in total. The highest BCUT2D eigenvalue weighted by Crippen LogP contribution is 2.33. The normalized spacial score (nSPS) is 12.1. The van der Waals surface area contributed by atoms with Gasteiger partial charge in [0.2, 0.25) is 0 Å². The number of nitrogens with zero attached hydrogens (tertiary/aromatic N) is 1. The Labute approximate surface area is 169 Å². The molecule has 0 amide bonds. The Kier molecular flexibility index (Phi) is 8.34. The van der Waals surface area contributed by atoms with Gasteiger partial charge in [0.05, 0.1) is 13.1 Å². The molecule has 154 valence electrons. The van der Waals surface area contributed by atoms with Gasteiger partial charge in [-0.25, -0.2) is 0 Å². The molecule has 2 aromatic rings. The Morgan fingerprint density at radius 3 is 2.07 bits per heavy atom. The first kappa shape index (κ1) is 22.3. The molecule has 2 rings (SSSR count). The topological polar surface area (TPSA) is 49.8 Å². The minimum absolute atomic E-state index is 0.530. The standard InChI is InChI=1S/C24H35NO3/c1-6-8-14-24(26,15-9-7-2)23-13-12-22(28-23)18-25(16-19(3)4)17-21-11-10-20(5)27-21/h6-7,10-13,19,26H,1-2,8-9,14-18H2,3-5H3. The van der Waals surface area contributed by atoms with E-state index in [2.05, 4.69) is 31.9 Å². The Balaban J connectivity index is 2.13. The lowest BCUT2D eigenvalue weighted by Crippen LogP contribution is -2.27. The Morgan fingerprint density at radius 1 is 1.00 bits per heavy atom. The largest absolute Gasteiger partial charge is 0.465 e. The average molecular weight is 386 g/mol. The molecular weight excluding hydrogens is 350 g/mol. The van der Waals surface area contributed by atoms with Gasteiger partial charge in [-0.1, -0.05) is 26.0 Å². The molecule has 0 aliphatic carbocycles. The van der Waals surface area contributed by atoms with Crippen molar-refractivity contribution in [2.45, 2.75) is 65.1 Å². The van der Waals surface area contributed by atoms with Crippen LogP contribution >= 0.6 is 0 Å². The van der Waals surface area contributed by atoms with Crippen LogP contribution in [0.3, 0.4) is 0 Å². The molecule has 0 unspecified atom stereocenters. The van der Waals surface area contributed by atoms with Crippen LogP contribution in [0.25, 0.3) is 0 Å². The number of rotatable bonds is 13. The smallest absolute Gasteiger partial charge is 0.135 e. The predicted octanol–water partition coefficient (Wildman–Crippen LogP) is 5.96. The summed E-state index contributed by atoms with van der Waals surface area (Å²) in [6, 6.07) is 7.90. The minimum atomic E-state index is -0.984. The molecule has 0 saturated carbocycles. The summed E-state index contributed by atoms with van der Waals surface area (Å²) in [6.07, 6.45) is 6.33. The van der Waals surface area contributed by atoms with Gasteiger partial charge in [-0.2, -0.15) is 0 Å². The molecule has 28 heavy (non-hydrogen) atoms. The van der Waals surface area contributed by atoms with E-state index in [0.717, 1.165) is 43.2 Å². The van der Waals surface area contributed by atoms with Crippen LogP contribution in [0.15, 0.2) is 58.4 Å². The van der Waals surface area contributed by atoms with Crippen molar-refractivity contribution in [3.05, 3.63) is 72.6 Å². The van der Waals surface area contributed by atoms with Gasteiger partial charge >= 0.3 is 0 Å². The van der Waals surface area contributed by atoms with Crippen molar-refractivity contribution in [1.82, 2.24) is 4.90 Å². The molecule has 0 aliphatic rings. The first-order valence-electron chi connectivity index (χ1n) is 10.2. The Hall–Kier alpha value is -2.04. The minimum Gasteiger partial charge on any atom is -0.465 e. The lowest BCUT2D eigenvalue weighted by atomic mass is 9.89. The molecule has 0 spiro atoms. The summed E-state index contributed by atoms with van der Waals surface area (Å²) in [5.74, 6) is 3.90. The monoisotopic (exact) mass is 385 g/mol. The molecular formula is C24H35NO3. The van der Waals surface area contributed by atoms with Crippen molar-refractivity contribution in [1.29, 1.82) is 0 Å². The van der Waals surface area contributed by atoms with E-state index in [-0.39, 0.29) is 0 Å². The van der Waals surface area contributed by atoms with Crippen LogP contribution in [0.4, 0.5) is 0 Å². The van der Waals surface area contributed by atoms with Gasteiger partial charge in [0.25, 0.3) is 0 Å². The summed E-state index contributed by atoms with van der Waals surface area (Å²) in [4.78, 5) is 2.32. The van der Waals surface area contributed by atoms with Crippen LogP contribution < -0.4 is 0 Å². The highest BCUT2D eigenvalue weighted by atomic mass is 16.4. The fraction of sp³-hybridized carbons (Fsp3) is 0.500. The highest BCUT2D eigenvalue weighted by molar-refractivity contribution is 5.15. The van der Waals surface area contributed by atoms with Gasteiger partial charge in [0, 0.05) is 6.54 Å². The van der Waals surface area contributed by atoms with Gasteiger partial charge in [0.15, 0.2) is 0 Å². The lowest BCUT2D eigenvalue weighted by Gasteiger charge is -2.25. The third-order valence-electron chi connectivity index (χ3n) is 4.82. The van der Waals surface area contributed by atoms with Crippen LogP contribution in [-0.4, -0.2) is 16.6 Å². The van der Waals surface area contributed by atoms with Crippen molar-refractivity contribution < 1.29 is 13.9 Å². The summed E-state index contributed by atoms with van der Waals surface area (Å²) < 4.78 is 11.9. The number of furan rings is 2. The molecule has 0 fully saturated rings. The van der Waals surface area contributed by atoms with E-state index < -0.39 is 5.60 Å². The second-order valence-corrected chi connectivity index (χ2v) is 8.03. The van der Waals surface area contributed by atoms with Crippen molar-refractivity contribution in [2.24, 2.45) is 5.92 Å². The average Bonchev–Trinajstić information content (AvgIpc) is 3.27. The molecule has 0 aromatic carbocycles. The van der Waals surface area contributed by atoms with Gasteiger partial charge in [0.1, 0.15) is 28.6 Å². The molecule has 1 N–H and O–H groups in total. The maximum atomic E-state index is 11.2. The molecule has 2 heterocycles. The van der Waals surface area contributed by atoms with Crippen molar-refractivity contribution in [2.75, 3.05) is 6.54 Å². The predicted molar refractivity (Wildman–Crippen MR) is 114 cm³/mol. The fourth-order valence-corrected chi connectivity index (χ4v) is 3.48. The summed E-state index contributed by atoms with van der Waals surface area (Å²) in [5.41, 5.74) is -0.984. The second-order valence-electron chi connectivity index (χ2n) is 8.03. The number of hydrogen-bond acceptors (Lipinski definition) is 4. The maximum Gasteiger partial charge on any atom is 0.135 e. The van der Waals surface area contributed by atoms with E-state index in [9.17, 15) is 5.11 Å². The third-order valence-corrected chi connectivity index (χ3v) is 4.82. The van der Waals surface area contributed by atoms with Gasteiger partial charge in [-0.05, 0) is 62.8 Å². The van der Waals surface area contributed by atoms with E-state index >= 15 is 0 Å². The summed E-state index contributed by atoms with van der Waals surface area (Å²) in [7, 11) is 0. The maximum absolute atomic E-state index is 11.2. The molecule has 0 aliphatic heterocycles. The Bertz CT molecular complexity index is 729. The van der Waals surface area contributed by atoms with E-state index in [4.69, 9.17) is 8.83 Å². The number of aliphatic hydroxyl groups is 1. The third kappa shape index (κ3) is 6.54. The van der Waals surface area contributed by atoms with Crippen molar-refractivity contribution in [3.8, 4) is 0 Å². The summed E-state index contributed by atoms with van der Waals surface area (Å²) in [5, 5.41) is 11.2.